The van der Waals surface area contributed by atoms with Crippen LogP contribution in [-0.4, -0.2) is 41.9 Å². The summed E-state index contributed by atoms with van der Waals surface area (Å²) in [7, 11) is 1.54. The summed E-state index contributed by atoms with van der Waals surface area (Å²) < 4.78 is 11.1. The van der Waals surface area contributed by atoms with Crippen molar-refractivity contribution in [3.05, 3.63) is 76.3 Å². The molecule has 0 atom stereocenters. The van der Waals surface area contributed by atoms with E-state index in [0.717, 1.165) is 22.7 Å². The Labute approximate surface area is 204 Å². The van der Waals surface area contributed by atoms with Gasteiger partial charge in [0, 0.05) is 18.0 Å². The Morgan fingerprint density at radius 2 is 2.00 bits per heavy atom. The van der Waals surface area contributed by atoms with E-state index in [0.29, 0.717) is 30.3 Å². The number of hydrogen-bond acceptors (Lipinski definition) is 6. The third-order valence-corrected chi connectivity index (χ3v) is 5.67. The van der Waals surface area contributed by atoms with Gasteiger partial charge in [0.25, 0.3) is 0 Å². The molecule has 2 aromatic carbocycles. The molecule has 0 aliphatic rings. The van der Waals surface area contributed by atoms with E-state index in [1.165, 1.54) is 11.0 Å². The maximum absolute atomic E-state index is 12.8. The fourth-order valence-corrected chi connectivity index (χ4v) is 3.86. The first-order valence-electron chi connectivity index (χ1n) is 11.0. The van der Waals surface area contributed by atoms with Crippen molar-refractivity contribution in [3.63, 3.8) is 0 Å². The highest BCUT2D eigenvalue weighted by atomic mass is 32.1. The Morgan fingerprint density at radius 1 is 1.18 bits per heavy atom. The van der Waals surface area contributed by atoms with Gasteiger partial charge in [-0.1, -0.05) is 31.2 Å². The van der Waals surface area contributed by atoms with Gasteiger partial charge in [0.15, 0.2) is 0 Å². The zero-order valence-electron chi connectivity index (χ0n) is 19.6. The third kappa shape index (κ3) is 7.45. The first-order chi connectivity index (χ1) is 16.5. The number of aryl methyl sites for hydroxylation is 1. The predicted octanol–water partition coefficient (Wildman–Crippen LogP) is 4.93. The number of nitrogens with one attached hydrogen (secondary N) is 1. The highest BCUT2D eigenvalue weighted by Crippen LogP contribution is 2.23. The summed E-state index contributed by atoms with van der Waals surface area (Å²) in [4.78, 5) is 31.3. The molecule has 0 aliphatic carbocycles. The smallest absolute Gasteiger partial charge is 0.247 e. The number of anilines is 1. The number of aromatic nitrogens is 1. The highest BCUT2D eigenvalue weighted by molar-refractivity contribution is 7.09. The standard InChI is InChI=1S/C26H29N3O4S/c1-4-14-29(16-25(30)28-23-10-5-6-11-24(23)32-3)26(31)13-12-20-8-7-9-22(15-20)33-17-21-18-34-19(2)27-21/h5-13,15,18H,4,14,16-17H2,1-3H3,(H,28,30)/b13-12+. The largest absolute Gasteiger partial charge is 0.495 e. The second-order valence-electron chi connectivity index (χ2n) is 7.56. The molecule has 1 heterocycles. The van der Waals surface area contributed by atoms with Crippen molar-refractivity contribution in [1.29, 1.82) is 0 Å². The molecule has 1 aromatic heterocycles. The number of para-hydroxylation sites is 2. The van der Waals surface area contributed by atoms with Crippen LogP contribution >= 0.6 is 11.3 Å². The van der Waals surface area contributed by atoms with Crippen molar-refractivity contribution < 1.29 is 19.1 Å². The number of hydrogen-bond donors (Lipinski definition) is 1. The van der Waals surface area contributed by atoms with Crippen LogP contribution in [0.5, 0.6) is 11.5 Å². The van der Waals surface area contributed by atoms with Crippen molar-refractivity contribution in [2.45, 2.75) is 26.9 Å². The third-order valence-electron chi connectivity index (χ3n) is 4.85. The Hall–Kier alpha value is -3.65. The van der Waals surface area contributed by atoms with Crippen LogP contribution in [0.3, 0.4) is 0 Å². The van der Waals surface area contributed by atoms with Crippen LogP contribution in [0.4, 0.5) is 5.69 Å². The number of carbonyl (C=O) groups excluding carboxylic acids is 2. The van der Waals surface area contributed by atoms with Crippen molar-refractivity contribution in [3.8, 4) is 11.5 Å². The normalized spacial score (nSPS) is 10.8. The second-order valence-corrected chi connectivity index (χ2v) is 8.62. The van der Waals surface area contributed by atoms with Crippen molar-refractivity contribution in [2.24, 2.45) is 0 Å². The van der Waals surface area contributed by atoms with Crippen LogP contribution in [0.2, 0.25) is 0 Å². The lowest BCUT2D eigenvalue weighted by Crippen LogP contribution is -2.37. The van der Waals surface area contributed by atoms with Gasteiger partial charge in [0.05, 0.1) is 23.5 Å². The van der Waals surface area contributed by atoms with E-state index in [4.69, 9.17) is 9.47 Å². The van der Waals surface area contributed by atoms with Crippen LogP contribution in [-0.2, 0) is 16.2 Å². The molecule has 3 aromatic rings. The van der Waals surface area contributed by atoms with E-state index in [9.17, 15) is 9.59 Å². The van der Waals surface area contributed by atoms with Crippen LogP contribution in [0.15, 0.2) is 60.0 Å². The molecule has 0 bridgehead atoms. The molecule has 34 heavy (non-hydrogen) atoms. The first-order valence-corrected chi connectivity index (χ1v) is 11.9. The summed E-state index contributed by atoms with van der Waals surface area (Å²) in [5, 5.41) is 5.79. The minimum absolute atomic E-state index is 0.0503. The molecular formula is C26H29N3O4S. The SMILES string of the molecule is CCCN(CC(=O)Nc1ccccc1OC)C(=O)/C=C/c1cccc(OCc2csc(C)n2)c1. The molecule has 0 fully saturated rings. The number of benzene rings is 2. The molecule has 178 valence electrons. The topological polar surface area (TPSA) is 80.8 Å². The summed E-state index contributed by atoms with van der Waals surface area (Å²) >= 11 is 1.59. The van der Waals surface area contributed by atoms with E-state index < -0.39 is 0 Å². The minimum atomic E-state index is -0.285. The monoisotopic (exact) mass is 479 g/mol. The fourth-order valence-electron chi connectivity index (χ4n) is 3.26. The minimum Gasteiger partial charge on any atom is -0.495 e. The molecule has 0 saturated heterocycles. The maximum atomic E-state index is 12.8. The van der Waals surface area contributed by atoms with Crippen LogP contribution < -0.4 is 14.8 Å². The lowest BCUT2D eigenvalue weighted by atomic mass is 10.2. The average molecular weight is 480 g/mol. The zero-order chi connectivity index (χ0) is 24.3. The summed E-state index contributed by atoms with van der Waals surface area (Å²) in [6.45, 7) is 4.74. The number of nitrogens with zero attached hydrogens (tertiary/aromatic N) is 2. The van der Waals surface area contributed by atoms with Gasteiger partial charge in [-0.3, -0.25) is 9.59 Å². The Bertz CT molecular complexity index is 1140. The number of amides is 2. The summed E-state index contributed by atoms with van der Waals surface area (Å²) in [6.07, 6.45) is 3.94. The Morgan fingerprint density at radius 3 is 2.74 bits per heavy atom. The van der Waals surface area contributed by atoms with E-state index >= 15 is 0 Å². The van der Waals surface area contributed by atoms with E-state index in [1.807, 2.05) is 55.6 Å². The molecule has 0 unspecified atom stereocenters. The van der Waals surface area contributed by atoms with Gasteiger partial charge in [0.2, 0.25) is 11.8 Å². The number of carbonyl (C=O) groups is 2. The van der Waals surface area contributed by atoms with Crippen molar-refractivity contribution in [1.82, 2.24) is 9.88 Å². The Balaban J connectivity index is 1.59. The van der Waals surface area contributed by atoms with E-state index in [2.05, 4.69) is 10.3 Å². The van der Waals surface area contributed by atoms with Gasteiger partial charge < -0.3 is 19.7 Å². The van der Waals surface area contributed by atoms with Crippen molar-refractivity contribution >= 4 is 34.9 Å². The molecule has 2 amide bonds. The van der Waals surface area contributed by atoms with Crippen molar-refractivity contribution in [2.75, 3.05) is 25.5 Å². The van der Waals surface area contributed by atoms with Gasteiger partial charge in [-0.15, -0.1) is 11.3 Å². The van der Waals surface area contributed by atoms with E-state index in [1.54, 1.807) is 36.7 Å². The second kappa shape index (κ2) is 12.6. The predicted molar refractivity (Wildman–Crippen MR) is 135 cm³/mol. The highest BCUT2D eigenvalue weighted by Gasteiger charge is 2.15. The molecule has 7 nitrogen and oxygen atoms in total. The fraction of sp³-hybridized carbons (Fsp3) is 0.269. The number of ether oxygens (including phenoxy) is 2. The molecule has 0 saturated carbocycles. The number of rotatable bonds is 11. The van der Waals surface area contributed by atoms with Gasteiger partial charge in [-0.25, -0.2) is 4.98 Å². The van der Waals surface area contributed by atoms with Gasteiger partial charge in [-0.2, -0.15) is 0 Å². The Kier molecular flexibility index (Phi) is 9.22. The zero-order valence-corrected chi connectivity index (χ0v) is 20.4. The van der Waals surface area contributed by atoms with Crippen LogP contribution in [0.25, 0.3) is 6.08 Å². The lowest BCUT2D eigenvalue weighted by Gasteiger charge is -2.20. The molecule has 1 N–H and O–H groups in total. The summed E-state index contributed by atoms with van der Waals surface area (Å²) in [5.74, 6) is 0.742. The van der Waals surface area contributed by atoms with E-state index in [-0.39, 0.29) is 18.4 Å². The molecule has 0 spiro atoms. The van der Waals surface area contributed by atoms with Gasteiger partial charge in [0.1, 0.15) is 24.7 Å². The van der Waals surface area contributed by atoms with Crippen LogP contribution in [0, 0.1) is 6.92 Å². The van der Waals surface area contributed by atoms with Gasteiger partial charge in [-0.05, 0) is 49.2 Å². The molecule has 0 radical (unpaired) electrons. The first kappa shape index (κ1) is 25.0. The molecular weight excluding hydrogens is 450 g/mol. The molecule has 3 rings (SSSR count). The molecule has 8 heteroatoms. The van der Waals surface area contributed by atoms with Crippen LogP contribution in [0.1, 0.15) is 29.6 Å². The number of thiazole rings is 1. The summed E-state index contributed by atoms with van der Waals surface area (Å²) in [6, 6.07) is 14.7. The summed E-state index contributed by atoms with van der Waals surface area (Å²) in [5.41, 5.74) is 2.29. The van der Waals surface area contributed by atoms with Gasteiger partial charge >= 0.3 is 0 Å². The average Bonchev–Trinajstić information content (AvgIpc) is 3.26. The number of methoxy groups -OCH3 is 1. The molecule has 0 aliphatic heterocycles. The lowest BCUT2D eigenvalue weighted by molar-refractivity contribution is -0.130. The maximum Gasteiger partial charge on any atom is 0.247 e. The quantitative estimate of drug-likeness (QED) is 0.395.